The number of fused-ring (bicyclic) bond motifs is 1. The molecule has 7 heteroatoms. The maximum Gasteiger partial charge on any atom is 0.269 e. The second-order valence-corrected chi connectivity index (χ2v) is 8.87. The number of para-hydroxylation sites is 2. The number of amides is 2. The Kier molecular flexibility index (Phi) is 4.00. The van der Waals surface area contributed by atoms with Gasteiger partial charge in [-0.05, 0) is 68.4 Å². The number of nitrogens with zero attached hydrogens (tertiary/aromatic N) is 2. The fraction of sp³-hybridized carbons (Fsp3) is 0.524. The molecule has 2 N–H and O–H groups in total. The molecule has 0 unspecified atom stereocenters. The van der Waals surface area contributed by atoms with Gasteiger partial charge in [0.1, 0.15) is 6.54 Å². The molecule has 4 fully saturated rings. The lowest BCUT2D eigenvalue weighted by Crippen LogP contribution is -2.57. The molecular formula is C21H24N4O3. The number of carbonyl (C=O) groups is 2. The molecule has 28 heavy (non-hydrogen) atoms. The van der Waals surface area contributed by atoms with Crippen LogP contribution in [0, 0.1) is 23.2 Å². The van der Waals surface area contributed by atoms with Gasteiger partial charge in [0.05, 0.1) is 22.6 Å². The lowest BCUT2D eigenvalue weighted by atomic mass is 9.49. The average molecular weight is 380 g/mol. The summed E-state index contributed by atoms with van der Waals surface area (Å²) in [6, 6.07) is 7.17. The summed E-state index contributed by atoms with van der Waals surface area (Å²) in [7, 11) is 0. The Labute approximate surface area is 162 Å². The Bertz CT molecular complexity index is 977. The normalized spacial score (nSPS) is 30.4. The third-order valence-electron chi connectivity index (χ3n) is 6.89. The molecule has 146 valence electrons. The van der Waals surface area contributed by atoms with Gasteiger partial charge in [-0.15, -0.1) is 0 Å². The molecule has 1 aromatic heterocycles. The number of hydrazine groups is 1. The van der Waals surface area contributed by atoms with Gasteiger partial charge in [0.2, 0.25) is 5.91 Å². The fourth-order valence-corrected chi connectivity index (χ4v) is 6.11. The highest BCUT2D eigenvalue weighted by molar-refractivity contribution is 5.86. The van der Waals surface area contributed by atoms with Gasteiger partial charge >= 0.3 is 0 Å². The Balaban J connectivity index is 1.27. The summed E-state index contributed by atoms with van der Waals surface area (Å²) in [6.45, 7) is -0.164. The van der Waals surface area contributed by atoms with Crippen LogP contribution in [0.2, 0.25) is 0 Å². The van der Waals surface area contributed by atoms with Crippen molar-refractivity contribution in [2.75, 3.05) is 0 Å². The predicted molar refractivity (Wildman–Crippen MR) is 103 cm³/mol. The first kappa shape index (κ1) is 17.4. The number of nitrogens with one attached hydrogen (secondary N) is 2. The zero-order chi connectivity index (χ0) is 19.3. The zero-order valence-corrected chi connectivity index (χ0v) is 15.7. The first-order valence-electron chi connectivity index (χ1n) is 10.1. The molecule has 4 saturated carbocycles. The molecule has 1 heterocycles. The first-order chi connectivity index (χ1) is 13.5. The van der Waals surface area contributed by atoms with Crippen molar-refractivity contribution in [2.24, 2.45) is 23.2 Å². The van der Waals surface area contributed by atoms with E-state index in [-0.39, 0.29) is 23.4 Å². The predicted octanol–water partition coefficient (Wildman–Crippen LogP) is 1.76. The molecule has 2 aromatic rings. The van der Waals surface area contributed by atoms with E-state index in [0.29, 0.717) is 28.8 Å². The van der Waals surface area contributed by atoms with Gasteiger partial charge in [-0.1, -0.05) is 12.1 Å². The van der Waals surface area contributed by atoms with Crippen LogP contribution in [0.25, 0.3) is 11.0 Å². The Morgan fingerprint density at radius 3 is 2.36 bits per heavy atom. The summed E-state index contributed by atoms with van der Waals surface area (Å²) >= 11 is 0. The van der Waals surface area contributed by atoms with Gasteiger partial charge in [-0.25, -0.2) is 4.98 Å². The van der Waals surface area contributed by atoms with Crippen LogP contribution in [0.3, 0.4) is 0 Å². The second-order valence-electron chi connectivity index (χ2n) is 8.87. The lowest BCUT2D eigenvalue weighted by molar-refractivity contribution is -0.149. The van der Waals surface area contributed by atoms with E-state index < -0.39 is 5.91 Å². The summed E-state index contributed by atoms with van der Waals surface area (Å²) in [5.41, 5.74) is 5.76. The van der Waals surface area contributed by atoms with Crippen molar-refractivity contribution < 1.29 is 9.59 Å². The Morgan fingerprint density at radius 2 is 1.68 bits per heavy atom. The van der Waals surface area contributed by atoms with Gasteiger partial charge in [0.15, 0.2) is 0 Å². The van der Waals surface area contributed by atoms with Crippen molar-refractivity contribution in [3.8, 4) is 0 Å². The SMILES string of the molecule is O=C(Cn1c(=O)cnc2ccccc21)NNC(=O)C12CC3CC(CC(C3)C1)C2. The van der Waals surface area contributed by atoms with Crippen molar-refractivity contribution in [1.29, 1.82) is 0 Å². The van der Waals surface area contributed by atoms with Gasteiger partial charge in [0.25, 0.3) is 11.5 Å². The molecule has 6 rings (SSSR count). The molecule has 4 bridgehead atoms. The average Bonchev–Trinajstić information content (AvgIpc) is 2.67. The summed E-state index contributed by atoms with van der Waals surface area (Å²) in [6.07, 6.45) is 7.81. The van der Waals surface area contributed by atoms with Crippen LogP contribution in [-0.2, 0) is 16.1 Å². The lowest BCUT2D eigenvalue weighted by Gasteiger charge is -2.55. The summed E-state index contributed by atoms with van der Waals surface area (Å²) in [5, 5.41) is 0. The summed E-state index contributed by atoms with van der Waals surface area (Å²) < 4.78 is 1.37. The van der Waals surface area contributed by atoms with Crippen molar-refractivity contribution in [1.82, 2.24) is 20.4 Å². The molecule has 4 aliphatic rings. The van der Waals surface area contributed by atoms with Crippen molar-refractivity contribution in [2.45, 2.75) is 45.1 Å². The van der Waals surface area contributed by atoms with Gasteiger partial charge < -0.3 is 0 Å². The molecule has 1 aromatic carbocycles. The number of hydrogen-bond acceptors (Lipinski definition) is 4. The smallest absolute Gasteiger partial charge is 0.269 e. The number of aromatic nitrogens is 2. The van der Waals surface area contributed by atoms with E-state index in [1.165, 1.54) is 30.0 Å². The summed E-state index contributed by atoms with van der Waals surface area (Å²) in [4.78, 5) is 41.6. The van der Waals surface area contributed by atoms with Crippen LogP contribution in [0.1, 0.15) is 38.5 Å². The van der Waals surface area contributed by atoms with E-state index in [1.807, 2.05) is 6.07 Å². The molecule has 4 aliphatic carbocycles. The van der Waals surface area contributed by atoms with Gasteiger partial charge in [-0.3, -0.25) is 29.8 Å². The zero-order valence-electron chi connectivity index (χ0n) is 15.7. The fourth-order valence-electron chi connectivity index (χ4n) is 6.11. The number of carbonyl (C=O) groups excluding carboxylic acids is 2. The maximum atomic E-state index is 12.9. The van der Waals surface area contributed by atoms with E-state index >= 15 is 0 Å². The van der Waals surface area contributed by atoms with Crippen LogP contribution in [0.5, 0.6) is 0 Å². The largest absolute Gasteiger partial charge is 0.296 e. The quantitative estimate of drug-likeness (QED) is 0.794. The molecule has 0 spiro atoms. The summed E-state index contributed by atoms with van der Waals surface area (Å²) in [5.74, 6) is 1.50. The van der Waals surface area contributed by atoms with Crippen LogP contribution in [0.4, 0.5) is 0 Å². The van der Waals surface area contributed by atoms with Crippen molar-refractivity contribution in [3.05, 3.63) is 40.8 Å². The topological polar surface area (TPSA) is 93.1 Å². The Hall–Kier alpha value is -2.70. The molecule has 0 atom stereocenters. The standard InChI is InChI=1S/C21H24N4O3/c26-18(12-25-17-4-2-1-3-16(17)22-11-19(25)27)23-24-20(28)21-8-13-5-14(9-21)7-15(6-13)10-21/h1-4,11,13-15H,5-10,12H2,(H,23,26)(H,24,28). The van der Waals surface area contributed by atoms with E-state index in [2.05, 4.69) is 15.8 Å². The number of rotatable bonds is 3. The third kappa shape index (κ3) is 2.89. The minimum Gasteiger partial charge on any atom is -0.296 e. The first-order valence-corrected chi connectivity index (χ1v) is 10.1. The number of benzene rings is 1. The highest BCUT2D eigenvalue weighted by atomic mass is 16.2. The number of hydrogen-bond donors (Lipinski definition) is 2. The van der Waals surface area contributed by atoms with Crippen molar-refractivity contribution >= 4 is 22.8 Å². The van der Waals surface area contributed by atoms with Crippen LogP contribution < -0.4 is 16.4 Å². The van der Waals surface area contributed by atoms with Crippen LogP contribution in [-0.4, -0.2) is 21.4 Å². The van der Waals surface area contributed by atoms with E-state index in [1.54, 1.807) is 18.2 Å². The van der Waals surface area contributed by atoms with Crippen LogP contribution in [0.15, 0.2) is 35.3 Å². The molecule has 0 radical (unpaired) electrons. The van der Waals surface area contributed by atoms with E-state index in [9.17, 15) is 14.4 Å². The van der Waals surface area contributed by atoms with E-state index in [0.717, 1.165) is 19.3 Å². The molecular weight excluding hydrogens is 356 g/mol. The molecule has 0 saturated heterocycles. The minimum atomic E-state index is -0.420. The minimum absolute atomic E-state index is 0.0631. The molecule has 0 aliphatic heterocycles. The highest BCUT2D eigenvalue weighted by Crippen LogP contribution is 2.59. The van der Waals surface area contributed by atoms with E-state index in [4.69, 9.17) is 0 Å². The monoisotopic (exact) mass is 380 g/mol. The third-order valence-corrected chi connectivity index (χ3v) is 6.89. The van der Waals surface area contributed by atoms with Gasteiger partial charge in [-0.2, -0.15) is 0 Å². The molecule has 2 amide bonds. The Morgan fingerprint density at radius 1 is 1.04 bits per heavy atom. The molecule has 7 nitrogen and oxygen atoms in total. The van der Waals surface area contributed by atoms with Gasteiger partial charge in [0, 0.05) is 0 Å². The van der Waals surface area contributed by atoms with Crippen LogP contribution >= 0.6 is 0 Å². The highest BCUT2D eigenvalue weighted by Gasteiger charge is 2.54. The second kappa shape index (κ2) is 6.43. The van der Waals surface area contributed by atoms with Crippen molar-refractivity contribution in [3.63, 3.8) is 0 Å². The maximum absolute atomic E-state index is 12.9.